The summed E-state index contributed by atoms with van der Waals surface area (Å²) in [5.41, 5.74) is 0.569. The molecule has 6 aliphatic rings. The van der Waals surface area contributed by atoms with Crippen molar-refractivity contribution in [2.45, 2.75) is 13.8 Å². The second-order valence-corrected chi connectivity index (χ2v) is 7.57. The zero-order valence-corrected chi connectivity index (χ0v) is 12.3. The Morgan fingerprint density at radius 1 is 0.909 bits per heavy atom. The van der Waals surface area contributed by atoms with E-state index >= 15 is 0 Å². The fourth-order valence-corrected chi connectivity index (χ4v) is 6.26. The Morgan fingerprint density at radius 2 is 1.50 bits per heavy atom. The highest BCUT2D eigenvalue weighted by molar-refractivity contribution is 6.09. The van der Waals surface area contributed by atoms with Gasteiger partial charge in [-0.05, 0) is 24.7 Å². The molecule has 0 radical (unpaired) electrons. The molecule has 2 bridgehead atoms. The molecule has 0 aromatic rings. The van der Waals surface area contributed by atoms with Crippen LogP contribution in [0.25, 0.3) is 0 Å². The molecule has 2 saturated heterocycles. The van der Waals surface area contributed by atoms with Gasteiger partial charge < -0.3 is 0 Å². The summed E-state index contributed by atoms with van der Waals surface area (Å²) in [5, 5.41) is 4.90. The molecule has 114 valence electrons. The second-order valence-electron chi connectivity index (χ2n) is 7.57. The summed E-state index contributed by atoms with van der Waals surface area (Å²) in [6.07, 6.45) is 2.08. The minimum Gasteiger partial charge on any atom is -0.296 e. The number of nitrogens with one attached hydrogen (secondary N) is 2. The molecule has 2 heterocycles. The Bertz CT molecular complexity index is 726. The first kappa shape index (κ1) is 12.6. The molecule has 0 unspecified atom stereocenters. The number of rotatable bonds is 0. The zero-order chi connectivity index (χ0) is 15.5. The number of hydrogen-bond donors (Lipinski definition) is 2. The van der Waals surface area contributed by atoms with Gasteiger partial charge in [-0.25, -0.2) is 0 Å². The van der Waals surface area contributed by atoms with Gasteiger partial charge in [-0.3, -0.25) is 29.8 Å². The molecular formula is C16H16N2O4. The third kappa shape index (κ3) is 1.01. The van der Waals surface area contributed by atoms with Crippen LogP contribution < -0.4 is 10.6 Å². The summed E-state index contributed by atoms with van der Waals surface area (Å²) in [6, 6.07) is 0. The van der Waals surface area contributed by atoms with Gasteiger partial charge in [-0.2, -0.15) is 0 Å². The van der Waals surface area contributed by atoms with Crippen LogP contribution in [0.15, 0.2) is 11.6 Å². The van der Waals surface area contributed by atoms with Gasteiger partial charge in [0.25, 0.3) is 0 Å². The summed E-state index contributed by atoms with van der Waals surface area (Å²) < 4.78 is 0. The summed E-state index contributed by atoms with van der Waals surface area (Å²) in [6.45, 7) is 3.98. The van der Waals surface area contributed by atoms with Crippen LogP contribution in [0.5, 0.6) is 0 Å². The molecule has 6 heteroatoms. The van der Waals surface area contributed by atoms with E-state index in [1.165, 1.54) is 0 Å². The van der Waals surface area contributed by atoms with Crippen LogP contribution in [0, 0.1) is 46.8 Å². The number of hydrogen-bond acceptors (Lipinski definition) is 4. The fourth-order valence-electron chi connectivity index (χ4n) is 6.26. The maximum absolute atomic E-state index is 12.3. The molecule has 6 nitrogen and oxygen atoms in total. The fraction of sp³-hybridized carbons (Fsp3) is 0.625. The number of allylic oxidation sites excluding steroid dienone is 2. The number of imide groups is 2. The molecule has 2 saturated carbocycles. The first-order valence-corrected chi connectivity index (χ1v) is 7.75. The number of fused-ring (bicyclic) bond motifs is 1. The van der Waals surface area contributed by atoms with Crippen molar-refractivity contribution in [3.05, 3.63) is 11.6 Å². The van der Waals surface area contributed by atoms with Crippen LogP contribution in [0.4, 0.5) is 0 Å². The third-order valence-electron chi connectivity index (χ3n) is 7.14. The van der Waals surface area contributed by atoms with Crippen LogP contribution in [0.3, 0.4) is 0 Å². The highest BCUT2D eigenvalue weighted by Crippen LogP contribution is 2.72. The predicted molar refractivity (Wildman–Crippen MR) is 72.6 cm³/mol. The van der Waals surface area contributed by atoms with Crippen molar-refractivity contribution in [1.82, 2.24) is 10.6 Å². The van der Waals surface area contributed by atoms with Gasteiger partial charge in [-0.15, -0.1) is 0 Å². The van der Waals surface area contributed by atoms with Gasteiger partial charge >= 0.3 is 0 Å². The van der Waals surface area contributed by atoms with Gasteiger partial charge in [0.05, 0.1) is 23.7 Å². The quantitative estimate of drug-likeness (QED) is 0.470. The van der Waals surface area contributed by atoms with Gasteiger partial charge in [0.2, 0.25) is 23.6 Å². The average Bonchev–Trinajstić information content (AvgIpc) is 2.80. The van der Waals surface area contributed by atoms with E-state index in [2.05, 4.69) is 16.7 Å². The van der Waals surface area contributed by atoms with Crippen molar-refractivity contribution in [3.8, 4) is 0 Å². The normalized spacial score (nSPS) is 54.1. The van der Waals surface area contributed by atoms with Crippen molar-refractivity contribution in [2.24, 2.45) is 46.8 Å². The largest absolute Gasteiger partial charge is 0.296 e. The van der Waals surface area contributed by atoms with Gasteiger partial charge in [-0.1, -0.05) is 18.6 Å². The lowest BCUT2D eigenvalue weighted by Gasteiger charge is -2.66. The third-order valence-corrected chi connectivity index (χ3v) is 7.14. The van der Waals surface area contributed by atoms with Crippen LogP contribution in [-0.4, -0.2) is 23.6 Å². The van der Waals surface area contributed by atoms with Crippen molar-refractivity contribution in [3.63, 3.8) is 0 Å². The smallest absolute Gasteiger partial charge is 0.231 e. The molecular weight excluding hydrogens is 284 g/mol. The molecule has 2 aliphatic heterocycles. The Labute approximate surface area is 126 Å². The average molecular weight is 300 g/mol. The minimum absolute atomic E-state index is 0.00282. The van der Waals surface area contributed by atoms with E-state index in [1.54, 1.807) is 0 Å². The Hall–Kier alpha value is -1.98. The lowest BCUT2D eigenvalue weighted by Crippen LogP contribution is -2.68. The first-order chi connectivity index (χ1) is 10.4. The monoisotopic (exact) mass is 300 g/mol. The van der Waals surface area contributed by atoms with Crippen LogP contribution >= 0.6 is 0 Å². The van der Waals surface area contributed by atoms with E-state index in [1.807, 2.05) is 13.8 Å². The Balaban J connectivity index is 1.72. The molecule has 4 aliphatic carbocycles. The van der Waals surface area contributed by atoms with E-state index in [4.69, 9.17) is 0 Å². The molecule has 0 spiro atoms. The molecule has 0 aromatic heterocycles. The topological polar surface area (TPSA) is 92.3 Å². The first-order valence-electron chi connectivity index (χ1n) is 7.75. The standard InChI is InChI=1S/C16H16N2O4/c1-4-3-5-6-8-9(14(21)17-13(8)20)10(6)16(4,2)11-7(5)12(19)18-15(11)22/h3,5-11H,1-2H3,(H,17,20,21)(H,18,19,22)/t5-,6+,7+,8+,9-,10+,11+,16+/m0/s1. The molecule has 0 aromatic carbocycles. The predicted octanol–water partition coefficient (Wildman–Crippen LogP) is -0.394. The van der Waals surface area contributed by atoms with Gasteiger partial charge in [0.1, 0.15) is 0 Å². The number of amides is 4. The summed E-state index contributed by atoms with van der Waals surface area (Å²) in [7, 11) is 0. The van der Waals surface area contributed by atoms with Crippen molar-refractivity contribution in [2.75, 3.05) is 0 Å². The van der Waals surface area contributed by atoms with E-state index in [-0.39, 0.29) is 59.1 Å². The summed E-state index contributed by atoms with van der Waals surface area (Å²) in [4.78, 5) is 48.8. The molecule has 6 rings (SSSR count). The van der Waals surface area contributed by atoms with Gasteiger partial charge in [0, 0.05) is 5.41 Å². The Morgan fingerprint density at radius 3 is 2.23 bits per heavy atom. The van der Waals surface area contributed by atoms with Crippen molar-refractivity contribution >= 4 is 23.6 Å². The van der Waals surface area contributed by atoms with E-state index in [0.717, 1.165) is 5.57 Å². The highest BCUT2D eigenvalue weighted by atomic mass is 16.2. The number of carbonyl (C=O) groups is 4. The van der Waals surface area contributed by atoms with Gasteiger partial charge in [0.15, 0.2) is 0 Å². The minimum atomic E-state index is -0.510. The summed E-state index contributed by atoms with van der Waals surface area (Å²) >= 11 is 0. The van der Waals surface area contributed by atoms with Crippen LogP contribution in [-0.2, 0) is 19.2 Å². The summed E-state index contributed by atoms with van der Waals surface area (Å²) in [5.74, 6) is -2.43. The molecule has 4 fully saturated rings. The van der Waals surface area contributed by atoms with E-state index in [9.17, 15) is 19.2 Å². The number of carbonyl (C=O) groups excluding carboxylic acids is 4. The maximum Gasteiger partial charge on any atom is 0.231 e. The van der Waals surface area contributed by atoms with Crippen molar-refractivity contribution < 1.29 is 19.2 Å². The van der Waals surface area contributed by atoms with E-state index < -0.39 is 11.3 Å². The van der Waals surface area contributed by atoms with Crippen LogP contribution in [0.1, 0.15) is 13.8 Å². The lowest BCUT2D eigenvalue weighted by atomic mass is 9.34. The van der Waals surface area contributed by atoms with Crippen LogP contribution in [0.2, 0.25) is 0 Å². The SMILES string of the molecule is CC1=C[C@@H]2[C@H]3C(=O)NC(=O)[C@@H]3[C@@]1(C)[C@H]1[C@H]3C(=O)NC(=O)[C@@H]3[C@@H]21. The second kappa shape index (κ2) is 3.34. The molecule has 8 atom stereocenters. The zero-order valence-electron chi connectivity index (χ0n) is 12.3. The molecule has 4 amide bonds. The van der Waals surface area contributed by atoms with E-state index in [0.29, 0.717) is 0 Å². The maximum atomic E-state index is 12.3. The highest BCUT2D eigenvalue weighted by Gasteiger charge is 2.77. The Kier molecular flexibility index (Phi) is 1.90. The van der Waals surface area contributed by atoms with Crippen molar-refractivity contribution in [1.29, 1.82) is 0 Å². The molecule has 22 heavy (non-hydrogen) atoms. The lowest BCUT2D eigenvalue weighted by molar-refractivity contribution is -0.188. The molecule has 2 N–H and O–H groups in total.